The maximum Gasteiger partial charge on any atom is 0.260 e. The highest BCUT2D eigenvalue weighted by Crippen LogP contribution is 2.28. The van der Waals surface area contributed by atoms with E-state index in [2.05, 4.69) is 10.1 Å². The maximum absolute atomic E-state index is 13.5. The van der Waals surface area contributed by atoms with E-state index in [9.17, 15) is 9.18 Å². The lowest BCUT2D eigenvalue weighted by atomic mass is 10.0. The largest absolute Gasteiger partial charge is 0.481 e. The van der Waals surface area contributed by atoms with Crippen molar-refractivity contribution in [3.8, 4) is 17.1 Å². The minimum atomic E-state index is -0.494. The van der Waals surface area contributed by atoms with Crippen LogP contribution in [0, 0.1) is 5.82 Å². The molecule has 0 aliphatic carbocycles. The summed E-state index contributed by atoms with van der Waals surface area (Å²) in [7, 11) is 0. The molecule has 1 amide bonds. The van der Waals surface area contributed by atoms with Crippen LogP contribution in [0.15, 0.2) is 53.1 Å². The van der Waals surface area contributed by atoms with E-state index in [1.807, 2.05) is 12.1 Å². The van der Waals surface area contributed by atoms with Crippen LogP contribution in [0.5, 0.6) is 5.75 Å². The summed E-state index contributed by atoms with van der Waals surface area (Å²) >= 11 is 5.97. The van der Waals surface area contributed by atoms with Crippen molar-refractivity contribution in [2.24, 2.45) is 0 Å². The van der Waals surface area contributed by atoms with Crippen LogP contribution < -0.4 is 4.74 Å². The molecule has 4 rings (SSSR count). The average molecular weight is 388 g/mol. The highest BCUT2D eigenvalue weighted by Gasteiger charge is 2.35. The molecule has 138 valence electrons. The van der Waals surface area contributed by atoms with Crippen molar-refractivity contribution in [2.75, 3.05) is 19.7 Å². The summed E-state index contributed by atoms with van der Waals surface area (Å²) in [4.78, 5) is 18.1. The van der Waals surface area contributed by atoms with Gasteiger partial charge in [0, 0.05) is 23.7 Å². The lowest BCUT2D eigenvalue weighted by molar-refractivity contribution is -0.138. The number of para-hydroxylation sites is 1. The zero-order valence-corrected chi connectivity index (χ0v) is 14.9. The molecular formula is C19H15ClFN3O3. The lowest BCUT2D eigenvalue weighted by Crippen LogP contribution is -2.50. The van der Waals surface area contributed by atoms with Crippen molar-refractivity contribution in [3.63, 3.8) is 0 Å². The number of hydrogen-bond donors (Lipinski definition) is 0. The molecule has 8 heteroatoms. The number of ether oxygens (including phenoxy) is 1. The molecule has 2 heterocycles. The first kappa shape index (κ1) is 17.5. The van der Waals surface area contributed by atoms with Gasteiger partial charge >= 0.3 is 0 Å². The topological polar surface area (TPSA) is 68.5 Å². The highest BCUT2D eigenvalue weighted by molar-refractivity contribution is 6.30. The third kappa shape index (κ3) is 3.78. The van der Waals surface area contributed by atoms with Crippen molar-refractivity contribution in [3.05, 3.63) is 65.3 Å². The fourth-order valence-corrected chi connectivity index (χ4v) is 2.97. The Morgan fingerprint density at radius 1 is 1.26 bits per heavy atom. The number of carbonyl (C=O) groups excluding carboxylic acids is 1. The van der Waals surface area contributed by atoms with Crippen LogP contribution in [0.3, 0.4) is 0 Å². The molecule has 0 saturated carbocycles. The summed E-state index contributed by atoms with van der Waals surface area (Å²) in [6.07, 6.45) is 0. The van der Waals surface area contributed by atoms with E-state index < -0.39 is 5.82 Å². The Balaban J connectivity index is 1.32. The van der Waals surface area contributed by atoms with Crippen molar-refractivity contribution >= 4 is 17.5 Å². The molecule has 1 aromatic heterocycles. The van der Waals surface area contributed by atoms with Gasteiger partial charge in [0.25, 0.3) is 5.91 Å². The second-order valence-electron chi connectivity index (χ2n) is 6.18. The predicted octanol–water partition coefficient (Wildman–Crippen LogP) is 3.53. The Labute approximate surface area is 159 Å². The van der Waals surface area contributed by atoms with E-state index in [-0.39, 0.29) is 24.2 Å². The molecule has 2 aromatic carbocycles. The summed E-state index contributed by atoms with van der Waals surface area (Å²) < 4.78 is 24.1. The molecule has 0 radical (unpaired) electrons. The van der Waals surface area contributed by atoms with E-state index in [0.717, 1.165) is 5.56 Å². The summed E-state index contributed by atoms with van der Waals surface area (Å²) in [6, 6.07) is 13.2. The minimum absolute atomic E-state index is 0.0251. The van der Waals surface area contributed by atoms with E-state index in [4.69, 9.17) is 20.9 Å². The Kier molecular flexibility index (Phi) is 4.77. The minimum Gasteiger partial charge on any atom is -0.481 e. The number of nitrogens with zero attached hydrogens (tertiary/aromatic N) is 3. The molecule has 1 saturated heterocycles. The van der Waals surface area contributed by atoms with Crippen LogP contribution in [-0.4, -0.2) is 40.6 Å². The Morgan fingerprint density at radius 2 is 2.07 bits per heavy atom. The van der Waals surface area contributed by atoms with Gasteiger partial charge in [0.2, 0.25) is 11.7 Å². The third-order valence-electron chi connectivity index (χ3n) is 4.30. The van der Waals surface area contributed by atoms with Gasteiger partial charge in [-0.25, -0.2) is 4.39 Å². The second kappa shape index (κ2) is 7.36. The van der Waals surface area contributed by atoms with Gasteiger partial charge in [-0.05, 0) is 24.3 Å². The van der Waals surface area contributed by atoms with Crippen LogP contribution in [-0.2, 0) is 4.79 Å². The van der Waals surface area contributed by atoms with Gasteiger partial charge in [0.15, 0.2) is 18.2 Å². The quantitative estimate of drug-likeness (QED) is 0.669. The van der Waals surface area contributed by atoms with Crippen LogP contribution in [0.25, 0.3) is 11.4 Å². The van der Waals surface area contributed by atoms with E-state index in [1.54, 1.807) is 29.2 Å². The van der Waals surface area contributed by atoms with Gasteiger partial charge in [0.1, 0.15) is 0 Å². The first-order valence-electron chi connectivity index (χ1n) is 8.35. The summed E-state index contributed by atoms with van der Waals surface area (Å²) in [5.41, 5.74) is 0.767. The first-order chi connectivity index (χ1) is 13.1. The molecule has 6 nitrogen and oxygen atoms in total. The molecule has 1 aliphatic rings. The van der Waals surface area contributed by atoms with Crippen LogP contribution in [0.2, 0.25) is 5.02 Å². The lowest BCUT2D eigenvalue weighted by Gasteiger charge is -2.36. The fraction of sp³-hybridized carbons (Fsp3) is 0.211. The third-order valence-corrected chi connectivity index (χ3v) is 4.53. The number of likely N-dealkylation sites (tertiary alicyclic amines) is 1. The monoisotopic (exact) mass is 387 g/mol. The SMILES string of the molecule is O=C(COc1ccccc1F)N1CC(c2nc(-c3cccc(Cl)c3)no2)C1. The predicted molar refractivity (Wildman–Crippen MR) is 96.0 cm³/mol. The zero-order valence-electron chi connectivity index (χ0n) is 14.1. The van der Waals surface area contributed by atoms with Crippen molar-refractivity contribution in [2.45, 2.75) is 5.92 Å². The van der Waals surface area contributed by atoms with Gasteiger partial charge in [-0.1, -0.05) is 41.0 Å². The number of carbonyl (C=O) groups is 1. The van der Waals surface area contributed by atoms with Gasteiger partial charge < -0.3 is 14.2 Å². The van der Waals surface area contributed by atoms with E-state index in [1.165, 1.54) is 12.1 Å². The fourth-order valence-electron chi connectivity index (χ4n) is 2.78. The molecule has 1 aliphatic heterocycles. The number of benzene rings is 2. The summed E-state index contributed by atoms with van der Waals surface area (Å²) in [5.74, 6) is 0.258. The number of rotatable bonds is 5. The van der Waals surface area contributed by atoms with Gasteiger partial charge in [-0.3, -0.25) is 4.79 Å². The summed E-state index contributed by atoms with van der Waals surface area (Å²) in [5, 5.41) is 4.56. The Hall–Kier alpha value is -2.93. The zero-order chi connectivity index (χ0) is 18.8. The maximum atomic E-state index is 13.5. The first-order valence-corrected chi connectivity index (χ1v) is 8.72. The van der Waals surface area contributed by atoms with Gasteiger partial charge in [-0.15, -0.1) is 0 Å². The number of aromatic nitrogens is 2. The molecule has 0 N–H and O–H groups in total. The van der Waals surface area contributed by atoms with Crippen LogP contribution in [0.1, 0.15) is 11.8 Å². The average Bonchev–Trinajstić information content (AvgIpc) is 3.09. The van der Waals surface area contributed by atoms with Crippen molar-refractivity contribution < 1.29 is 18.4 Å². The molecule has 0 atom stereocenters. The van der Waals surface area contributed by atoms with Gasteiger partial charge in [-0.2, -0.15) is 4.98 Å². The summed E-state index contributed by atoms with van der Waals surface area (Å²) in [6.45, 7) is 0.693. The number of hydrogen-bond acceptors (Lipinski definition) is 5. The van der Waals surface area contributed by atoms with Crippen LogP contribution in [0.4, 0.5) is 4.39 Å². The van der Waals surface area contributed by atoms with E-state index in [0.29, 0.717) is 29.8 Å². The molecule has 3 aromatic rings. The molecule has 0 spiro atoms. The van der Waals surface area contributed by atoms with Crippen molar-refractivity contribution in [1.29, 1.82) is 0 Å². The normalized spacial score (nSPS) is 14.1. The molecule has 0 bridgehead atoms. The van der Waals surface area contributed by atoms with Crippen molar-refractivity contribution in [1.82, 2.24) is 15.0 Å². The highest BCUT2D eigenvalue weighted by atomic mass is 35.5. The molecule has 27 heavy (non-hydrogen) atoms. The molecule has 1 fully saturated rings. The smallest absolute Gasteiger partial charge is 0.260 e. The Morgan fingerprint density at radius 3 is 2.85 bits per heavy atom. The number of amides is 1. The Bertz CT molecular complexity index is 972. The standard InChI is InChI=1S/C19H15ClFN3O3/c20-14-5-3-4-12(8-14)18-22-19(27-23-18)13-9-24(10-13)17(25)11-26-16-7-2-1-6-15(16)21/h1-8,13H,9-11H2. The van der Waals surface area contributed by atoms with Crippen LogP contribution >= 0.6 is 11.6 Å². The number of halogens is 2. The molecular weight excluding hydrogens is 373 g/mol. The van der Waals surface area contributed by atoms with Gasteiger partial charge in [0.05, 0.1) is 5.92 Å². The molecule has 0 unspecified atom stereocenters. The van der Waals surface area contributed by atoms with E-state index >= 15 is 0 Å². The second-order valence-corrected chi connectivity index (χ2v) is 6.62.